The lowest BCUT2D eigenvalue weighted by molar-refractivity contribution is 0.403. The van der Waals surface area contributed by atoms with Crippen molar-refractivity contribution in [2.45, 2.75) is 6.42 Å². The van der Waals surface area contributed by atoms with Crippen LogP contribution in [0.3, 0.4) is 0 Å². The Bertz CT molecular complexity index is 469. The molecule has 0 saturated heterocycles. The second-order valence-electron chi connectivity index (χ2n) is 3.48. The Morgan fingerprint density at radius 3 is 2.62 bits per heavy atom. The van der Waals surface area contributed by atoms with Crippen molar-refractivity contribution >= 4 is 0 Å². The smallest absolute Gasteiger partial charge is 0.157 e. The Hall–Kier alpha value is -2.03. The van der Waals surface area contributed by atoms with E-state index in [4.69, 9.17) is 5.11 Å². The third-order valence-corrected chi connectivity index (χ3v) is 2.27. The molecule has 0 amide bonds. The van der Waals surface area contributed by atoms with Crippen LogP contribution in [0, 0.1) is 6.42 Å². The zero-order chi connectivity index (χ0) is 11.4. The summed E-state index contributed by atoms with van der Waals surface area (Å²) >= 11 is 0. The topological polar surface area (TPSA) is 53.4 Å². The molecule has 0 aliphatic heterocycles. The SMILES string of the molecule is Oc1ccc([CH]Cc2ccccn2)cc1O. The van der Waals surface area contributed by atoms with Gasteiger partial charge in [0.1, 0.15) is 0 Å². The number of hydrogen-bond donors (Lipinski definition) is 2. The molecule has 0 atom stereocenters. The van der Waals surface area contributed by atoms with Gasteiger partial charge >= 0.3 is 0 Å². The van der Waals surface area contributed by atoms with Crippen molar-refractivity contribution in [3.63, 3.8) is 0 Å². The average molecular weight is 214 g/mol. The average Bonchev–Trinajstić information content (AvgIpc) is 2.32. The van der Waals surface area contributed by atoms with E-state index in [0.29, 0.717) is 6.42 Å². The van der Waals surface area contributed by atoms with Gasteiger partial charge < -0.3 is 10.2 Å². The summed E-state index contributed by atoms with van der Waals surface area (Å²) in [5.41, 5.74) is 1.83. The highest BCUT2D eigenvalue weighted by molar-refractivity contribution is 5.43. The van der Waals surface area contributed by atoms with Crippen LogP contribution in [0.2, 0.25) is 0 Å². The standard InChI is InChI=1S/C13H12NO2/c15-12-7-5-10(9-13(12)16)4-6-11-3-1-2-8-14-11/h1-5,7-9,15-16H,6H2. The molecule has 1 aromatic carbocycles. The molecule has 3 heteroatoms. The number of rotatable bonds is 3. The molecule has 0 bridgehead atoms. The monoisotopic (exact) mass is 214 g/mol. The van der Waals surface area contributed by atoms with Gasteiger partial charge in [0.15, 0.2) is 11.5 Å². The molecule has 81 valence electrons. The Morgan fingerprint density at radius 1 is 1.06 bits per heavy atom. The van der Waals surface area contributed by atoms with Gasteiger partial charge in [0.05, 0.1) is 0 Å². The molecule has 1 heterocycles. The lowest BCUT2D eigenvalue weighted by atomic mass is 10.1. The van der Waals surface area contributed by atoms with Gasteiger partial charge in [0, 0.05) is 11.9 Å². The Balaban J connectivity index is 2.03. The van der Waals surface area contributed by atoms with Crippen LogP contribution in [-0.2, 0) is 6.42 Å². The molecular weight excluding hydrogens is 202 g/mol. The molecule has 0 unspecified atom stereocenters. The molecule has 2 aromatic rings. The Kier molecular flexibility index (Phi) is 3.05. The molecule has 0 saturated carbocycles. The molecule has 3 nitrogen and oxygen atoms in total. The predicted molar refractivity (Wildman–Crippen MR) is 61.1 cm³/mol. The number of phenols is 2. The number of aromatic hydroxyl groups is 2. The quantitative estimate of drug-likeness (QED) is 0.771. The molecule has 0 spiro atoms. The summed E-state index contributed by atoms with van der Waals surface area (Å²) in [5, 5.41) is 18.5. The van der Waals surface area contributed by atoms with Crippen molar-refractivity contribution in [1.82, 2.24) is 4.98 Å². The van der Waals surface area contributed by atoms with Crippen LogP contribution in [0.15, 0.2) is 42.6 Å². The van der Waals surface area contributed by atoms with Gasteiger partial charge in [-0.1, -0.05) is 12.1 Å². The highest BCUT2D eigenvalue weighted by Gasteiger charge is 2.01. The summed E-state index contributed by atoms with van der Waals surface area (Å²) in [5.74, 6) is -0.204. The zero-order valence-corrected chi connectivity index (χ0v) is 8.67. The molecule has 1 radical (unpaired) electrons. The van der Waals surface area contributed by atoms with E-state index in [1.165, 1.54) is 12.1 Å². The first-order chi connectivity index (χ1) is 7.75. The highest BCUT2D eigenvalue weighted by Crippen LogP contribution is 2.25. The lowest BCUT2D eigenvalue weighted by Crippen LogP contribution is -1.91. The van der Waals surface area contributed by atoms with E-state index in [2.05, 4.69) is 4.98 Å². The molecule has 2 N–H and O–H groups in total. The molecule has 16 heavy (non-hydrogen) atoms. The van der Waals surface area contributed by atoms with E-state index in [1.54, 1.807) is 12.3 Å². The van der Waals surface area contributed by atoms with E-state index in [-0.39, 0.29) is 11.5 Å². The van der Waals surface area contributed by atoms with Gasteiger partial charge in [-0.05, 0) is 42.7 Å². The number of phenolic OH excluding ortho intramolecular Hbond substituents is 2. The third kappa shape index (κ3) is 2.51. The largest absolute Gasteiger partial charge is 0.504 e. The summed E-state index contributed by atoms with van der Waals surface area (Å²) in [6.45, 7) is 0. The fourth-order valence-corrected chi connectivity index (χ4v) is 1.41. The fourth-order valence-electron chi connectivity index (χ4n) is 1.41. The van der Waals surface area contributed by atoms with Crippen molar-refractivity contribution in [3.8, 4) is 11.5 Å². The minimum absolute atomic E-state index is 0.102. The maximum absolute atomic E-state index is 9.31. The fraction of sp³-hybridized carbons (Fsp3) is 0.0769. The number of pyridine rings is 1. The minimum Gasteiger partial charge on any atom is -0.504 e. The number of aromatic nitrogens is 1. The second-order valence-corrected chi connectivity index (χ2v) is 3.48. The third-order valence-electron chi connectivity index (χ3n) is 2.27. The van der Waals surface area contributed by atoms with Crippen LogP contribution in [0.1, 0.15) is 11.3 Å². The molecule has 2 rings (SSSR count). The van der Waals surface area contributed by atoms with Crippen LogP contribution in [0.25, 0.3) is 0 Å². The van der Waals surface area contributed by atoms with Crippen molar-refractivity contribution in [2.75, 3.05) is 0 Å². The van der Waals surface area contributed by atoms with Gasteiger partial charge in [-0.15, -0.1) is 0 Å². The molecule has 0 fully saturated rings. The molecule has 0 aliphatic rings. The normalized spacial score (nSPS) is 10.2. The summed E-state index contributed by atoms with van der Waals surface area (Å²) in [6.07, 6.45) is 4.39. The highest BCUT2D eigenvalue weighted by atomic mass is 16.3. The zero-order valence-electron chi connectivity index (χ0n) is 8.67. The van der Waals surface area contributed by atoms with E-state index >= 15 is 0 Å². The first-order valence-electron chi connectivity index (χ1n) is 5.01. The summed E-state index contributed by atoms with van der Waals surface area (Å²) in [4.78, 5) is 4.19. The van der Waals surface area contributed by atoms with Crippen LogP contribution >= 0.6 is 0 Å². The number of benzene rings is 1. The van der Waals surface area contributed by atoms with Gasteiger partial charge in [-0.3, -0.25) is 4.98 Å². The van der Waals surface area contributed by atoms with Crippen LogP contribution in [-0.4, -0.2) is 15.2 Å². The molecular formula is C13H12NO2. The van der Waals surface area contributed by atoms with Crippen molar-refractivity contribution < 1.29 is 10.2 Å². The first-order valence-corrected chi connectivity index (χ1v) is 5.01. The Labute approximate surface area is 94.0 Å². The minimum atomic E-state index is -0.102. The van der Waals surface area contributed by atoms with Crippen LogP contribution in [0.5, 0.6) is 11.5 Å². The predicted octanol–water partition coefficient (Wildman–Crippen LogP) is 2.29. The maximum atomic E-state index is 9.31. The summed E-state index contributed by atoms with van der Waals surface area (Å²) < 4.78 is 0. The maximum Gasteiger partial charge on any atom is 0.157 e. The Morgan fingerprint density at radius 2 is 1.94 bits per heavy atom. The summed E-state index contributed by atoms with van der Waals surface area (Å²) in [7, 11) is 0. The van der Waals surface area contributed by atoms with Crippen LogP contribution < -0.4 is 0 Å². The lowest BCUT2D eigenvalue weighted by Gasteiger charge is -2.03. The van der Waals surface area contributed by atoms with Gasteiger partial charge in [0.25, 0.3) is 0 Å². The number of nitrogens with zero attached hydrogens (tertiary/aromatic N) is 1. The van der Waals surface area contributed by atoms with E-state index in [1.807, 2.05) is 24.6 Å². The number of hydrogen-bond acceptors (Lipinski definition) is 3. The van der Waals surface area contributed by atoms with Crippen molar-refractivity contribution in [1.29, 1.82) is 0 Å². The van der Waals surface area contributed by atoms with E-state index in [0.717, 1.165) is 11.3 Å². The first kappa shape index (κ1) is 10.5. The van der Waals surface area contributed by atoms with Crippen molar-refractivity contribution in [2.24, 2.45) is 0 Å². The van der Waals surface area contributed by atoms with Gasteiger partial charge in [-0.2, -0.15) is 0 Å². The van der Waals surface area contributed by atoms with E-state index in [9.17, 15) is 5.11 Å². The molecule has 0 aliphatic carbocycles. The summed E-state index contributed by atoms with van der Waals surface area (Å²) in [6, 6.07) is 10.5. The van der Waals surface area contributed by atoms with Gasteiger partial charge in [-0.25, -0.2) is 0 Å². The second kappa shape index (κ2) is 4.66. The van der Waals surface area contributed by atoms with Crippen LogP contribution in [0.4, 0.5) is 0 Å². The van der Waals surface area contributed by atoms with Crippen molar-refractivity contribution in [3.05, 3.63) is 60.3 Å². The van der Waals surface area contributed by atoms with Gasteiger partial charge in [0.2, 0.25) is 0 Å². The van der Waals surface area contributed by atoms with E-state index < -0.39 is 0 Å². The molecule has 1 aromatic heterocycles.